The Bertz CT molecular complexity index is 666. The van der Waals surface area contributed by atoms with Gasteiger partial charge in [-0.2, -0.15) is 0 Å². The van der Waals surface area contributed by atoms with Crippen LogP contribution in [0.5, 0.6) is 5.75 Å². The second kappa shape index (κ2) is 6.73. The van der Waals surface area contributed by atoms with Gasteiger partial charge in [0.25, 0.3) is 0 Å². The van der Waals surface area contributed by atoms with E-state index in [1.807, 2.05) is 6.92 Å². The molecule has 21 heavy (non-hydrogen) atoms. The van der Waals surface area contributed by atoms with E-state index >= 15 is 0 Å². The minimum absolute atomic E-state index is 0.0240. The molecule has 112 valence electrons. The molecule has 0 saturated carbocycles. The van der Waals surface area contributed by atoms with Crippen LogP contribution in [0.3, 0.4) is 0 Å². The molecule has 2 N–H and O–H groups in total. The molecule has 0 heterocycles. The zero-order valence-corrected chi connectivity index (χ0v) is 13.5. The SMILES string of the molecule is CCOc1ccc(Br)cc1C(N)c1cc(F)c(Cl)cc1F. The summed E-state index contributed by atoms with van der Waals surface area (Å²) >= 11 is 8.89. The van der Waals surface area contributed by atoms with E-state index < -0.39 is 17.7 Å². The van der Waals surface area contributed by atoms with Crippen LogP contribution in [0.4, 0.5) is 8.78 Å². The zero-order valence-electron chi connectivity index (χ0n) is 11.2. The Kier molecular flexibility index (Phi) is 5.19. The highest BCUT2D eigenvalue weighted by molar-refractivity contribution is 9.10. The van der Waals surface area contributed by atoms with Crippen molar-refractivity contribution in [3.05, 3.63) is 62.6 Å². The van der Waals surface area contributed by atoms with Gasteiger partial charge < -0.3 is 10.5 Å². The molecule has 6 heteroatoms. The average molecular weight is 377 g/mol. The topological polar surface area (TPSA) is 35.2 Å². The number of hydrogen-bond donors (Lipinski definition) is 1. The lowest BCUT2D eigenvalue weighted by atomic mass is 9.98. The van der Waals surface area contributed by atoms with E-state index in [0.717, 1.165) is 16.6 Å². The molecule has 2 aromatic rings. The van der Waals surface area contributed by atoms with Crippen molar-refractivity contribution in [2.45, 2.75) is 13.0 Å². The maximum Gasteiger partial charge on any atom is 0.142 e. The fraction of sp³-hybridized carbons (Fsp3) is 0.200. The normalized spacial score (nSPS) is 12.3. The number of benzene rings is 2. The van der Waals surface area contributed by atoms with Crippen LogP contribution >= 0.6 is 27.5 Å². The predicted molar refractivity (Wildman–Crippen MR) is 82.7 cm³/mol. The Hall–Kier alpha value is -1.17. The van der Waals surface area contributed by atoms with Crippen molar-refractivity contribution < 1.29 is 13.5 Å². The van der Waals surface area contributed by atoms with Crippen molar-refractivity contribution in [3.8, 4) is 5.75 Å². The third-order valence-corrected chi connectivity index (χ3v) is 3.76. The second-order valence-electron chi connectivity index (χ2n) is 4.38. The van der Waals surface area contributed by atoms with Gasteiger partial charge in [0.05, 0.1) is 17.7 Å². The minimum Gasteiger partial charge on any atom is -0.494 e. The van der Waals surface area contributed by atoms with Crippen LogP contribution in [0.1, 0.15) is 24.1 Å². The van der Waals surface area contributed by atoms with Crippen LogP contribution in [0, 0.1) is 11.6 Å². The van der Waals surface area contributed by atoms with Gasteiger partial charge in [0.1, 0.15) is 17.4 Å². The first-order chi connectivity index (χ1) is 9.93. The van der Waals surface area contributed by atoms with Gasteiger partial charge in [-0.25, -0.2) is 8.78 Å². The fourth-order valence-electron chi connectivity index (χ4n) is 1.99. The Morgan fingerprint density at radius 1 is 1.19 bits per heavy atom. The van der Waals surface area contributed by atoms with Gasteiger partial charge in [0.15, 0.2) is 0 Å². The summed E-state index contributed by atoms with van der Waals surface area (Å²) in [6.07, 6.45) is 0. The highest BCUT2D eigenvalue weighted by atomic mass is 79.9. The molecule has 0 aliphatic carbocycles. The molecule has 0 aromatic heterocycles. The average Bonchev–Trinajstić information content (AvgIpc) is 2.44. The quantitative estimate of drug-likeness (QED) is 0.776. The first kappa shape index (κ1) is 16.2. The van der Waals surface area contributed by atoms with E-state index in [9.17, 15) is 8.78 Å². The molecule has 0 spiro atoms. The Labute approximate surface area is 135 Å². The smallest absolute Gasteiger partial charge is 0.142 e. The number of rotatable bonds is 4. The zero-order chi connectivity index (χ0) is 15.6. The standard InChI is InChI=1S/C15H13BrClF2NO/c1-2-21-14-4-3-8(16)5-10(14)15(20)9-6-13(19)11(17)7-12(9)18/h3-7,15H,2,20H2,1H3. The van der Waals surface area contributed by atoms with Crippen LogP contribution in [-0.4, -0.2) is 6.61 Å². The first-order valence-corrected chi connectivity index (χ1v) is 7.43. The lowest BCUT2D eigenvalue weighted by molar-refractivity contribution is 0.335. The van der Waals surface area contributed by atoms with Gasteiger partial charge in [0, 0.05) is 15.6 Å². The van der Waals surface area contributed by atoms with Crippen molar-refractivity contribution in [1.82, 2.24) is 0 Å². The van der Waals surface area contributed by atoms with Crippen LogP contribution in [0.2, 0.25) is 5.02 Å². The van der Waals surface area contributed by atoms with E-state index in [-0.39, 0.29) is 10.6 Å². The largest absolute Gasteiger partial charge is 0.494 e. The summed E-state index contributed by atoms with van der Waals surface area (Å²) in [5.74, 6) is -0.837. The maximum absolute atomic E-state index is 14.0. The highest BCUT2D eigenvalue weighted by Gasteiger charge is 2.20. The summed E-state index contributed by atoms with van der Waals surface area (Å²) in [5, 5.41) is -0.275. The molecule has 0 radical (unpaired) electrons. The van der Waals surface area contributed by atoms with Gasteiger partial charge in [-0.3, -0.25) is 0 Å². The van der Waals surface area contributed by atoms with Gasteiger partial charge in [-0.1, -0.05) is 27.5 Å². The molecule has 2 nitrogen and oxygen atoms in total. The van der Waals surface area contributed by atoms with Crippen molar-refractivity contribution in [2.75, 3.05) is 6.61 Å². The molecule has 0 saturated heterocycles. The van der Waals surface area contributed by atoms with Crippen LogP contribution in [0.25, 0.3) is 0 Å². The second-order valence-corrected chi connectivity index (χ2v) is 5.70. The number of ether oxygens (including phenoxy) is 1. The Morgan fingerprint density at radius 2 is 1.90 bits per heavy atom. The van der Waals surface area contributed by atoms with Crippen molar-refractivity contribution in [1.29, 1.82) is 0 Å². The molecule has 1 unspecified atom stereocenters. The molecule has 0 fully saturated rings. The lowest BCUT2D eigenvalue weighted by Gasteiger charge is -2.18. The third kappa shape index (κ3) is 3.54. The van der Waals surface area contributed by atoms with Crippen molar-refractivity contribution in [3.63, 3.8) is 0 Å². The highest BCUT2D eigenvalue weighted by Crippen LogP contribution is 2.33. The van der Waals surface area contributed by atoms with Crippen LogP contribution < -0.4 is 10.5 Å². The summed E-state index contributed by atoms with van der Waals surface area (Å²) in [6.45, 7) is 2.28. The maximum atomic E-state index is 14.0. The summed E-state index contributed by atoms with van der Waals surface area (Å²) < 4.78 is 33.8. The third-order valence-electron chi connectivity index (χ3n) is 2.98. The van der Waals surface area contributed by atoms with E-state index in [1.165, 1.54) is 0 Å². The predicted octanol–water partition coefficient (Wildman–Crippen LogP) is 4.83. The molecule has 0 bridgehead atoms. The molecule has 1 atom stereocenters. The number of halogens is 4. The number of hydrogen-bond acceptors (Lipinski definition) is 2. The van der Waals surface area contributed by atoms with Gasteiger partial charge in [0.2, 0.25) is 0 Å². The molecular weight excluding hydrogens is 364 g/mol. The molecule has 0 aliphatic heterocycles. The summed E-state index contributed by atoms with van der Waals surface area (Å²) in [7, 11) is 0. The number of nitrogens with two attached hydrogens (primary N) is 1. The summed E-state index contributed by atoms with van der Waals surface area (Å²) in [5.41, 5.74) is 6.67. The minimum atomic E-state index is -0.865. The van der Waals surface area contributed by atoms with E-state index in [2.05, 4.69) is 15.9 Å². The molecule has 2 rings (SSSR count). The monoisotopic (exact) mass is 375 g/mol. The summed E-state index contributed by atoms with van der Waals surface area (Å²) in [6, 6.07) is 6.31. The Balaban J connectivity index is 2.51. The Morgan fingerprint density at radius 3 is 2.57 bits per heavy atom. The molecular formula is C15H13BrClF2NO. The van der Waals surface area contributed by atoms with E-state index in [1.54, 1.807) is 18.2 Å². The molecule has 2 aromatic carbocycles. The van der Waals surface area contributed by atoms with Gasteiger partial charge in [-0.05, 0) is 37.3 Å². The van der Waals surface area contributed by atoms with Gasteiger partial charge >= 0.3 is 0 Å². The summed E-state index contributed by atoms with van der Waals surface area (Å²) in [4.78, 5) is 0. The first-order valence-electron chi connectivity index (χ1n) is 6.26. The van der Waals surface area contributed by atoms with E-state index in [0.29, 0.717) is 17.9 Å². The van der Waals surface area contributed by atoms with Crippen LogP contribution in [0.15, 0.2) is 34.8 Å². The lowest BCUT2D eigenvalue weighted by Crippen LogP contribution is -2.15. The van der Waals surface area contributed by atoms with Crippen molar-refractivity contribution >= 4 is 27.5 Å². The van der Waals surface area contributed by atoms with Gasteiger partial charge in [-0.15, -0.1) is 0 Å². The van der Waals surface area contributed by atoms with E-state index in [4.69, 9.17) is 22.1 Å². The molecule has 0 amide bonds. The fourth-order valence-corrected chi connectivity index (χ4v) is 2.52. The van der Waals surface area contributed by atoms with Crippen LogP contribution in [-0.2, 0) is 0 Å². The van der Waals surface area contributed by atoms with Crippen molar-refractivity contribution in [2.24, 2.45) is 5.73 Å². The molecule has 0 aliphatic rings.